The van der Waals surface area contributed by atoms with Crippen LogP contribution >= 0.6 is 11.8 Å². The Morgan fingerprint density at radius 2 is 2.00 bits per heavy atom. The van der Waals surface area contributed by atoms with Crippen LogP contribution in [0.1, 0.15) is 11.1 Å². The highest BCUT2D eigenvalue weighted by Gasteiger charge is 2.12. The average Bonchev–Trinajstić information content (AvgIpc) is 2.38. The summed E-state index contributed by atoms with van der Waals surface area (Å²) in [6, 6.07) is 7.12. The van der Waals surface area contributed by atoms with Gasteiger partial charge in [0.2, 0.25) is 0 Å². The fraction of sp³-hybridized carbons (Fsp3) is 0.417. The van der Waals surface area contributed by atoms with Gasteiger partial charge in [-0.15, -0.1) is 0 Å². The predicted molar refractivity (Wildman–Crippen MR) is 68.5 cm³/mol. The quantitative estimate of drug-likeness (QED) is 0.739. The van der Waals surface area contributed by atoms with E-state index in [0.717, 1.165) is 16.9 Å². The van der Waals surface area contributed by atoms with Gasteiger partial charge in [-0.05, 0) is 11.1 Å². The van der Waals surface area contributed by atoms with Crippen molar-refractivity contribution in [2.24, 2.45) is 5.73 Å². The zero-order valence-corrected chi connectivity index (χ0v) is 10.6. The molecule has 1 aromatic rings. The highest BCUT2D eigenvalue weighted by atomic mass is 32.2. The molecule has 0 aliphatic rings. The Hall–Kier alpha value is -1.04. The lowest BCUT2D eigenvalue weighted by Gasteiger charge is -2.08. The predicted octanol–water partition coefficient (Wildman–Crippen LogP) is 0.912. The molecule has 0 saturated carbocycles. The number of hydrogen-bond donors (Lipinski definition) is 2. The maximum atomic E-state index is 11.0. The van der Waals surface area contributed by atoms with Crippen molar-refractivity contribution in [1.29, 1.82) is 0 Å². The normalized spacial score (nSPS) is 12.2. The number of nitrogens with two attached hydrogens (primary N) is 1. The van der Waals surface area contributed by atoms with Gasteiger partial charge in [0.05, 0.1) is 13.7 Å². The van der Waals surface area contributed by atoms with E-state index < -0.39 is 6.04 Å². The highest BCUT2D eigenvalue weighted by Crippen LogP contribution is 2.14. The minimum absolute atomic E-state index is 0.0562. The van der Waals surface area contributed by atoms with E-state index in [4.69, 9.17) is 10.8 Å². The van der Waals surface area contributed by atoms with Gasteiger partial charge in [-0.25, -0.2) is 0 Å². The van der Waals surface area contributed by atoms with E-state index in [1.165, 1.54) is 7.11 Å². The fourth-order valence-corrected chi connectivity index (χ4v) is 2.20. The summed E-state index contributed by atoms with van der Waals surface area (Å²) in [6.07, 6.45) is 0. The maximum absolute atomic E-state index is 11.0. The van der Waals surface area contributed by atoms with E-state index >= 15 is 0 Å². The van der Waals surface area contributed by atoms with Crippen LogP contribution in [-0.4, -0.2) is 30.0 Å². The number of benzene rings is 1. The van der Waals surface area contributed by atoms with Crippen molar-refractivity contribution >= 4 is 17.7 Å². The summed E-state index contributed by atoms with van der Waals surface area (Å²) in [7, 11) is 1.33. The van der Waals surface area contributed by atoms with Gasteiger partial charge in [-0.3, -0.25) is 4.79 Å². The van der Waals surface area contributed by atoms with E-state index in [0.29, 0.717) is 5.75 Å². The molecule has 1 aromatic carbocycles. The van der Waals surface area contributed by atoms with E-state index in [2.05, 4.69) is 4.74 Å². The highest BCUT2D eigenvalue weighted by molar-refractivity contribution is 7.98. The van der Waals surface area contributed by atoms with E-state index in [1.807, 2.05) is 24.3 Å². The van der Waals surface area contributed by atoms with Crippen molar-refractivity contribution in [3.63, 3.8) is 0 Å². The average molecular weight is 255 g/mol. The number of ether oxygens (including phenoxy) is 1. The molecule has 0 aliphatic heterocycles. The molecule has 0 amide bonds. The third-order valence-corrected chi connectivity index (χ3v) is 3.41. The second-order valence-electron chi connectivity index (χ2n) is 3.62. The molecule has 4 nitrogen and oxygen atoms in total. The molecular weight excluding hydrogens is 238 g/mol. The number of carbonyl (C=O) groups is 1. The first-order valence-corrected chi connectivity index (χ1v) is 6.42. The van der Waals surface area contributed by atoms with Crippen LogP contribution in [0.15, 0.2) is 24.3 Å². The number of hydrogen-bond acceptors (Lipinski definition) is 5. The van der Waals surface area contributed by atoms with Crippen molar-refractivity contribution in [2.75, 3.05) is 12.9 Å². The largest absolute Gasteiger partial charge is 0.468 e. The summed E-state index contributed by atoms with van der Waals surface area (Å²) < 4.78 is 4.54. The van der Waals surface area contributed by atoms with Gasteiger partial charge < -0.3 is 15.6 Å². The van der Waals surface area contributed by atoms with Crippen molar-refractivity contribution in [1.82, 2.24) is 0 Å². The van der Waals surface area contributed by atoms with Crippen molar-refractivity contribution < 1.29 is 14.6 Å². The molecule has 17 heavy (non-hydrogen) atoms. The molecule has 0 bridgehead atoms. The number of rotatable bonds is 6. The van der Waals surface area contributed by atoms with Gasteiger partial charge in [-0.2, -0.15) is 11.8 Å². The third-order valence-electron chi connectivity index (χ3n) is 2.28. The number of thioether (sulfide) groups is 1. The topological polar surface area (TPSA) is 72.5 Å². The van der Waals surface area contributed by atoms with Crippen LogP contribution in [0.2, 0.25) is 0 Å². The molecule has 0 heterocycles. The number of aliphatic hydroxyl groups excluding tert-OH is 1. The summed E-state index contributed by atoms with van der Waals surface area (Å²) in [6.45, 7) is 0.0562. The van der Waals surface area contributed by atoms with E-state index in [1.54, 1.807) is 11.8 Å². The summed E-state index contributed by atoms with van der Waals surface area (Å²) >= 11 is 1.58. The first-order chi connectivity index (χ1) is 8.17. The number of aliphatic hydroxyl groups is 1. The van der Waals surface area contributed by atoms with Gasteiger partial charge in [0.15, 0.2) is 0 Å². The number of methoxy groups -OCH3 is 1. The second kappa shape index (κ2) is 7.32. The molecule has 0 saturated heterocycles. The molecule has 3 N–H and O–H groups in total. The molecule has 1 rings (SSSR count). The zero-order chi connectivity index (χ0) is 12.7. The first kappa shape index (κ1) is 14.0. The Morgan fingerprint density at radius 3 is 2.53 bits per heavy atom. The Balaban J connectivity index is 2.33. The molecule has 0 fully saturated rings. The van der Waals surface area contributed by atoms with Gasteiger partial charge >= 0.3 is 5.97 Å². The monoisotopic (exact) mass is 255 g/mol. The summed E-state index contributed by atoms with van der Waals surface area (Å²) in [4.78, 5) is 11.0. The molecule has 0 radical (unpaired) electrons. The molecule has 1 atom stereocenters. The van der Waals surface area contributed by atoms with E-state index in [9.17, 15) is 4.79 Å². The van der Waals surface area contributed by atoms with Gasteiger partial charge in [-0.1, -0.05) is 24.3 Å². The van der Waals surface area contributed by atoms with Crippen LogP contribution in [0.25, 0.3) is 0 Å². The van der Waals surface area contributed by atoms with Gasteiger partial charge in [0, 0.05) is 11.5 Å². The zero-order valence-electron chi connectivity index (χ0n) is 9.76. The SMILES string of the molecule is COC(=O)C(N)CSCc1ccc(CO)cc1. The summed E-state index contributed by atoms with van der Waals surface area (Å²) in [5.41, 5.74) is 7.65. The molecule has 5 heteroatoms. The van der Waals surface area contributed by atoms with Crippen LogP contribution in [0.5, 0.6) is 0 Å². The van der Waals surface area contributed by atoms with Crippen LogP contribution in [0.4, 0.5) is 0 Å². The summed E-state index contributed by atoms with van der Waals surface area (Å²) in [5.74, 6) is 0.943. The van der Waals surface area contributed by atoms with E-state index in [-0.39, 0.29) is 12.6 Å². The van der Waals surface area contributed by atoms with Crippen molar-refractivity contribution in [2.45, 2.75) is 18.4 Å². The van der Waals surface area contributed by atoms with Crippen LogP contribution < -0.4 is 5.73 Å². The molecule has 0 aliphatic carbocycles. The van der Waals surface area contributed by atoms with Crippen LogP contribution in [0.3, 0.4) is 0 Å². The van der Waals surface area contributed by atoms with Crippen molar-refractivity contribution in [3.8, 4) is 0 Å². The van der Waals surface area contributed by atoms with Crippen LogP contribution in [-0.2, 0) is 21.9 Å². The Bertz CT molecular complexity index is 353. The standard InChI is InChI=1S/C12H17NO3S/c1-16-12(15)11(13)8-17-7-10-4-2-9(6-14)3-5-10/h2-5,11,14H,6-8,13H2,1H3. The molecule has 0 spiro atoms. The Kier molecular flexibility index (Phi) is 6.04. The third kappa shape index (κ3) is 4.77. The lowest BCUT2D eigenvalue weighted by atomic mass is 10.2. The first-order valence-electron chi connectivity index (χ1n) is 5.27. The van der Waals surface area contributed by atoms with Gasteiger partial charge in [0.25, 0.3) is 0 Å². The minimum atomic E-state index is -0.568. The number of carbonyl (C=O) groups excluding carboxylic acids is 1. The number of esters is 1. The summed E-state index contributed by atoms with van der Waals surface area (Å²) in [5, 5.41) is 8.89. The minimum Gasteiger partial charge on any atom is -0.468 e. The molecular formula is C12H17NO3S. The Labute approximate surface area is 105 Å². The lowest BCUT2D eigenvalue weighted by molar-refractivity contribution is -0.141. The maximum Gasteiger partial charge on any atom is 0.323 e. The molecule has 1 unspecified atom stereocenters. The Morgan fingerprint density at radius 1 is 1.41 bits per heavy atom. The van der Waals surface area contributed by atoms with Crippen molar-refractivity contribution in [3.05, 3.63) is 35.4 Å². The second-order valence-corrected chi connectivity index (χ2v) is 4.65. The van der Waals surface area contributed by atoms with Crippen LogP contribution in [0, 0.1) is 0 Å². The lowest BCUT2D eigenvalue weighted by Crippen LogP contribution is -2.33. The molecule has 0 aromatic heterocycles. The fourth-order valence-electron chi connectivity index (χ4n) is 1.26. The van der Waals surface area contributed by atoms with Gasteiger partial charge in [0.1, 0.15) is 6.04 Å². The molecule has 94 valence electrons. The smallest absolute Gasteiger partial charge is 0.323 e.